The van der Waals surface area contributed by atoms with Gasteiger partial charge in [-0.15, -0.1) is 0 Å². The zero-order valence-electron chi connectivity index (χ0n) is 4.70. The molecule has 0 amide bonds. The van der Waals surface area contributed by atoms with Crippen molar-refractivity contribution in [3.63, 3.8) is 0 Å². The van der Waals surface area contributed by atoms with Crippen molar-refractivity contribution in [2.24, 2.45) is 0 Å². The van der Waals surface area contributed by atoms with Crippen molar-refractivity contribution in [2.75, 3.05) is 0 Å². The number of carboxylic acid groups (broad SMARTS) is 1. The molecule has 0 unspecified atom stereocenters. The first-order valence-corrected chi connectivity index (χ1v) is 1.33. The number of carbonyl (C=O) groups is 1. The summed E-state index contributed by atoms with van der Waals surface area (Å²) in [7, 11) is 0. The van der Waals surface area contributed by atoms with Crippen LogP contribution in [0.1, 0.15) is 6.92 Å². The molecule has 8 heavy (non-hydrogen) atoms. The summed E-state index contributed by atoms with van der Waals surface area (Å²) in [6.07, 6.45) is 0. The third kappa shape index (κ3) is 2730. The Hall–Kier alpha value is -0.220. The summed E-state index contributed by atoms with van der Waals surface area (Å²) in [6.45, 7) is 1.08. The molecule has 0 aromatic carbocycles. The summed E-state index contributed by atoms with van der Waals surface area (Å²) < 4.78 is 0. The van der Waals surface area contributed by atoms with E-state index in [0.29, 0.717) is 0 Å². The monoisotopic (exact) mass is 125 g/mol. The molecule has 5 nitrogen and oxygen atoms in total. The van der Waals surface area contributed by atoms with Crippen LogP contribution in [0.4, 0.5) is 0 Å². The normalized spacial score (nSPS) is 4.12. The first kappa shape index (κ1) is 15.7. The van der Waals surface area contributed by atoms with Gasteiger partial charge in [0.15, 0.2) is 0 Å². The van der Waals surface area contributed by atoms with Crippen molar-refractivity contribution in [1.82, 2.24) is 0 Å². The van der Waals surface area contributed by atoms with Gasteiger partial charge in [-0.25, -0.2) is 0 Å². The summed E-state index contributed by atoms with van der Waals surface area (Å²) >= 11 is 0. The van der Waals surface area contributed by atoms with Gasteiger partial charge in [-0.2, -0.15) is 0 Å². The topological polar surface area (TPSA) is 96.0 Å². The van der Waals surface area contributed by atoms with Crippen molar-refractivity contribution in [1.29, 1.82) is 0 Å². The number of hydrogen-bond acceptors (Lipinski definition) is 1. The second-order valence-electron chi connectivity index (χ2n) is 0.608. The molecule has 0 heterocycles. The van der Waals surface area contributed by atoms with Gasteiger partial charge >= 0.3 is 29.6 Å². The second kappa shape index (κ2) is 15.9. The summed E-state index contributed by atoms with van der Waals surface area (Å²) in [6, 6.07) is 0. The maximum atomic E-state index is 9.00. The maximum Gasteiger partial charge on any atom is 1.00 e. The third-order valence-electron chi connectivity index (χ3n) is 0. The maximum absolute atomic E-state index is 9.00. The molecule has 0 saturated heterocycles. The van der Waals surface area contributed by atoms with Crippen LogP contribution in [0.15, 0.2) is 0 Å². The molecule has 0 rings (SSSR count). The van der Waals surface area contributed by atoms with Gasteiger partial charge in [-0.05, 0) is 0 Å². The van der Waals surface area contributed by atoms with Crippen molar-refractivity contribution >= 4 is 5.97 Å². The van der Waals surface area contributed by atoms with Crippen LogP contribution < -0.4 is 29.6 Å². The van der Waals surface area contributed by atoms with Crippen LogP contribution in [0.2, 0.25) is 0 Å². The van der Waals surface area contributed by atoms with Gasteiger partial charge in [0.1, 0.15) is 0 Å². The van der Waals surface area contributed by atoms with Gasteiger partial charge < -0.3 is 16.2 Å². The van der Waals surface area contributed by atoms with Crippen molar-refractivity contribution in [2.45, 2.75) is 6.92 Å². The molecule has 0 bridgehead atoms. The molecule has 0 fully saturated rings. The Kier molecular flexibility index (Phi) is 31.0. The number of hydrogen-bond donors (Lipinski definition) is 1. The Balaban J connectivity index is -0.0000000575. The molecular weight excluding hydrogens is 121 g/mol. The molecule has 1 N–H and O–H groups in total. The van der Waals surface area contributed by atoms with Crippen LogP contribution >= 0.6 is 0 Å². The number of rotatable bonds is 0. The molecule has 0 aliphatic rings. The van der Waals surface area contributed by atoms with E-state index in [4.69, 9.17) is 21.0 Å². The minimum absolute atomic E-state index is 0. The average Bonchev–Trinajstić information content (AvgIpc) is 1.33. The summed E-state index contributed by atoms with van der Waals surface area (Å²) in [4.78, 5) is 10.5. The standard InChI is InChI=1S/C2H4O2.N3.Na/c1-2(3)4;1-3-2;/h1H3,(H,3,4);;/q;-1;+1. The summed E-state index contributed by atoms with van der Waals surface area (Å²) in [5.74, 6) is -0.833. The first-order valence-electron chi connectivity index (χ1n) is 1.33. The van der Waals surface area contributed by atoms with Crippen LogP contribution in [0.5, 0.6) is 0 Å². The average molecular weight is 125 g/mol. The molecule has 40 valence electrons. The molecule has 0 aliphatic heterocycles. The van der Waals surface area contributed by atoms with Gasteiger partial charge in [0.2, 0.25) is 0 Å². The molecule has 0 radical (unpaired) electrons. The molecule has 6 heteroatoms. The van der Waals surface area contributed by atoms with Crippen LogP contribution in [-0.4, -0.2) is 11.1 Å². The van der Waals surface area contributed by atoms with E-state index in [0.717, 1.165) is 6.92 Å². The van der Waals surface area contributed by atoms with Crippen LogP contribution in [0.3, 0.4) is 0 Å². The fourth-order valence-electron chi connectivity index (χ4n) is 0. The van der Waals surface area contributed by atoms with Crippen molar-refractivity contribution < 1.29 is 39.5 Å². The van der Waals surface area contributed by atoms with Crippen molar-refractivity contribution in [3.05, 3.63) is 16.0 Å². The third-order valence-corrected chi connectivity index (χ3v) is 0. The molecule has 0 aromatic heterocycles. The Labute approximate surface area is 68.4 Å². The molecule has 0 aromatic rings. The summed E-state index contributed by atoms with van der Waals surface area (Å²) in [5.41, 5.74) is 13.5. The zero-order chi connectivity index (χ0) is 6.28. The van der Waals surface area contributed by atoms with E-state index in [9.17, 15) is 0 Å². The molecule has 0 atom stereocenters. The Morgan fingerprint density at radius 1 is 1.62 bits per heavy atom. The number of carboxylic acids is 1. The molecule has 0 aliphatic carbocycles. The number of aliphatic carboxylic acids is 1. The Bertz CT molecular complexity index is 83.3. The van der Waals surface area contributed by atoms with Gasteiger partial charge in [-0.1, -0.05) is 0 Å². The molecular formula is C2H4N3NaO2. The van der Waals surface area contributed by atoms with E-state index in [2.05, 4.69) is 0 Å². The fraction of sp³-hybridized carbons (Fsp3) is 0.500. The predicted octanol–water partition coefficient (Wildman–Crippen LogP) is -2.04. The van der Waals surface area contributed by atoms with Gasteiger partial charge in [0.05, 0.1) is 0 Å². The van der Waals surface area contributed by atoms with E-state index < -0.39 is 5.97 Å². The number of nitrogens with zero attached hydrogens (tertiary/aromatic N) is 3. The Morgan fingerprint density at radius 2 is 1.62 bits per heavy atom. The van der Waals surface area contributed by atoms with Crippen LogP contribution in [0.25, 0.3) is 16.0 Å². The van der Waals surface area contributed by atoms with E-state index in [1.807, 2.05) is 0 Å². The molecule has 0 saturated carbocycles. The van der Waals surface area contributed by atoms with Crippen molar-refractivity contribution in [3.8, 4) is 0 Å². The van der Waals surface area contributed by atoms with E-state index in [1.54, 1.807) is 0 Å². The first-order chi connectivity index (χ1) is 3.15. The van der Waals surface area contributed by atoms with E-state index in [1.165, 1.54) is 4.91 Å². The zero-order valence-corrected chi connectivity index (χ0v) is 6.70. The van der Waals surface area contributed by atoms with Crippen LogP contribution in [-0.2, 0) is 4.79 Å². The quantitative estimate of drug-likeness (QED) is 0.175. The van der Waals surface area contributed by atoms with Gasteiger partial charge in [0.25, 0.3) is 5.97 Å². The fourth-order valence-corrected chi connectivity index (χ4v) is 0. The predicted molar refractivity (Wildman–Crippen MR) is 23.4 cm³/mol. The largest absolute Gasteiger partial charge is 1.00 e. The second-order valence-corrected chi connectivity index (χ2v) is 0.608. The Morgan fingerprint density at radius 3 is 1.62 bits per heavy atom. The van der Waals surface area contributed by atoms with E-state index >= 15 is 0 Å². The SMILES string of the molecule is CC(=O)O.[N-]=[N+]=[N-].[Na+]. The van der Waals surface area contributed by atoms with E-state index in [-0.39, 0.29) is 29.6 Å². The van der Waals surface area contributed by atoms with Gasteiger partial charge in [-0.3, -0.25) is 9.71 Å². The minimum Gasteiger partial charge on any atom is -0.481 e. The summed E-state index contributed by atoms with van der Waals surface area (Å²) in [5, 5.41) is 7.42. The molecule has 0 spiro atoms. The smallest absolute Gasteiger partial charge is 0.481 e. The van der Waals surface area contributed by atoms with Gasteiger partial charge in [0, 0.05) is 6.92 Å². The van der Waals surface area contributed by atoms with Crippen LogP contribution in [0, 0.1) is 0 Å². The minimum atomic E-state index is -0.833.